The lowest BCUT2D eigenvalue weighted by Crippen LogP contribution is -2.52. The number of oxime groups is 1. The fourth-order valence-electron chi connectivity index (χ4n) is 2.36. The highest BCUT2D eigenvalue weighted by Gasteiger charge is 2.28. The van der Waals surface area contributed by atoms with Gasteiger partial charge in [0.15, 0.2) is 5.84 Å². The Bertz CT molecular complexity index is 590. The number of hydrogen-bond acceptors (Lipinski definition) is 4. The van der Waals surface area contributed by atoms with Gasteiger partial charge in [0, 0.05) is 26.2 Å². The molecule has 0 radical (unpaired) electrons. The molecule has 2 rings (SSSR count). The van der Waals surface area contributed by atoms with Gasteiger partial charge in [-0.05, 0) is 32.9 Å². The number of hydrogen-bond donors (Lipinski definition) is 1. The SMILES string of the molecule is CC(C)(C)OC(=O)N1CCN(/C(=N/O)c2ccccc2F)CC1. The van der Waals surface area contributed by atoms with Gasteiger partial charge >= 0.3 is 6.09 Å². The number of benzene rings is 1. The maximum Gasteiger partial charge on any atom is 0.410 e. The van der Waals surface area contributed by atoms with Crippen molar-refractivity contribution in [2.75, 3.05) is 26.2 Å². The first-order valence-corrected chi connectivity index (χ1v) is 7.51. The number of halogens is 1. The van der Waals surface area contributed by atoms with Gasteiger partial charge in [-0.1, -0.05) is 17.3 Å². The molecule has 0 unspecified atom stereocenters. The molecule has 7 heteroatoms. The minimum Gasteiger partial charge on any atom is -0.444 e. The second-order valence-corrected chi connectivity index (χ2v) is 6.36. The quantitative estimate of drug-likeness (QED) is 0.373. The van der Waals surface area contributed by atoms with E-state index in [9.17, 15) is 14.4 Å². The summed E-state index contributed by atoms with van der Waals surface area (Å²) in [7, 11) is 0. The number of carbonyl (C=O) groups is 1. The Morgan fingerprint density at radius 1 is 1.17 bits per heavy atom. The van der Waals surface area contributed by atoms with Gasteiger partial charge in [-0.3, -0.25) is 0 Å². The Balaban J connectivity index is 2.01. The molecule has 0 aromatic heterocycles. The number of amides is 1. The van der Waals surface area contributed by atoms with Crippen LogP contribution in [0.3, 0.4) is 0 Å². The third-order valence-corrected chi connectivity index (χ3v) is 3.44. The minimum absolute atomic E-state index is 0.173. The van der Waals surface area contributed by atoms with Gasteiger partial charge in [-0.2, -0.15) is 0 Å². The lowest BCUT2D eigenvalue weighted by Gasteiger charge is -2.36. The summed E-state index contributed by atoms with van der Waals surface area (Å²) in [6, 6.07) is 6.14. The van der Waals surface area contributed by atoms with Crippen molar-refractivity contribution in [1.82, 2.24) is 9.80 Å². The summed E-state index contributed by atoms with van der Waals surface area (Å²) in [5.41, 5.74) is -0.306. The minimum atomic E-state index is -0.543. The second-order valence-electron chi connectivity index (χ2n) is 6.36. The van der Waals surface area contributed by atoms with Crippen molar-refractivity contribution in [3.8, 4) is 0 Å². The number of nitrogens with zero attached hydrogens (tertiary/aromatic N) is 3. The van der Waals surface area contributed by atoms with E-state index in [0.29, 0.717) is 26.2 Å². The molecule has 6 nitrogen and oxygen atoms in total. The van der Waals surface area contributed by atoms with E-state index >= 15 is 0 Å². The molecule has 1 aromatic carbocycles. The molecule has 1 aliphatic heterocycles. The lowest BCUT2D eigenvalue weighted by molar-refractivity contribution is 0.0186. The van der Waals surface area contributed by atoms with Crippen molar-refractivity contribution in [2.45, 2.75) is 26.4 Å². The van der Waals surface area contributed by atoms with Gasteiger partial charge in [-0.15, -0.1) is 0 Å². The molecule has 1 aliphatic rings. The molecule has 1 fully saturated rings. The Labute approximate surface area is 135 Å². The van der Waals surface area contributed by atoms with Crippen LogP contribution in [0.2, 0.25) is 0 Å². The summed E-state index contributed by atoms with van der Waals surface area (Å²) < 4.78 is 19.2. The number of carbonyl (C=O) groups excluding carboxylic acids is 1. The highest BCUT2D eigenvalue weighted by Crippen LogP contribution is 2.15. The molecule has 0 aliphatic carbocycles. The van der Waals surface area contributed by atoms with Crippen LogP contribution in [0.5, 0.6) is 0 Å². The molecule has 1 heterocycles. The van der Waals surface area contributed by atoms with Crippen LogP contribution in [0.25, 0.3) is 0 Å². The van der Waals surface area contributed by atoms with E-state index in [2.05, 4.69) is 5.16 Å². The average Bonchev–Trinajstić information content (AvgIpc) is 2.49. The molecule has 1 N–H and O–H groups in total. The molecule has 1 amide bonds. The molecule has 1 saturated heterocycles. The standard InChI is InChI=1S/C16H22FN3O3/c1-16(2,3)23-15(21)20-10-8-19(9-11-20)14(18-22)12-6-4-5-7-13(12)17/h4-7,22H,8-11H2,1-3H3/b18-14+. The van der Waals surface area contributed by atoms with Crippen LogP contribution in [0, 0.1) is 5.82 Å². The van der Waals surface area contributed by atoms with E-state index in [1.807, 2.05) is 20.8 Å². The van der Waals surface area contributed by atoms with Gasteiger partial charge in [0.2, 0.25) is 0 Å². The first-order chi connectivity index (χ1) is 10.8. The number of rotatable bonds is 1. The highest BCUT2D eigenvalue weighted by molar-refractivity contribution is 5.98. The Morgan fingerprint density at radius 2 is 1.74 bits per heavy atom. The van der Waals surface area contributed by atoms with Gasteiger partial charge in [0.1, 0.15) is 11.4 Å². The first-order valence-electron chi connectivity index (χ1n) is 7.51. The monoisotopic (exact) mass is 323 g/mol. The molecule has 23 heavy (non-hydrogen) atoms. The third kappa shape index (κ3) is 4.34. The summed E-state index contributed by atoms with van der Waals surface area (Å²) in [4.78, 5) is 15.4. The second kappa shape index (κ2) is 6.85. The van der Waals surface area contributed by atoms with Gasteiger partial charge in [0.25, 0.3) is 0 Å². The topological polar surface area (TPSA) is 65.4 Å². The summed E-state index contributed by atoms with van der Waals surface area (Å²) in [6.07, 6.45) is -0.370. The molecular formula is C16H22FN3O3. The predicted octanol–water partition coefficient (Wildman–Crippen LogP) is 2.51. The molecule has 1 aromatic rings. The predicted molar refractivity (Wildman–Crippen MR) is 84.1 cm³/mol. The molecular weight excluding hydrogens is 301 g/mol. The van der Waals surface area contributed by atoms with Crippen molar-refractivity contribution in [2.24, 2.45) is 5.16 Å². The Hall–Kier alpha value is -2.31. The number of piperazine rings is 1. The van der Waals surface area contributed by atoms with Crippen LogP contribution in [0.15, 0.2) is 29.4 Å². The molecule has 0 spiro atoms. The Kier molecular flexibility index (Phi) is 5.08. The average molecular weight is 323 g/mol. The zero-order valence-corrected chi connectivity index (χ0v) is 13.6. The van der Waals surface area contributed by atoms with Crippen molar-refractivity contribution >= 4 is 11.9 Å². The largest absolute Gasteiger partial charge is 0.444 e. The van der Waals surface area contributed by atoms with Crippen molar-refractivity contribution < 1.29 is 19.1 Å². The van der Waals surface area contributed by atoms with Crippen molar-refractivity contribution in [3.63, 3.8) is 0 Å². The molecule has 0 bridgehead atoms. The summed E-state index contributed by atoms with van der Waals surface area (Å²) in [5.74, 6) is -0.276. The zero-order valence-electron chi connectivity index (χ0n) is 13.6. The Morgan fingerprint density at radius 3 is 2.26 bits per heavy atom. The summed E-state index contributed by atoms with van der Waals surface area (Å²) in [6.45, 7) is 7.16. The summed E-state index contributed by atoms with van der Waals surface area (Å²) >= 11 is 0. The molecule has 0 atom stereocenters. The van der Waals surface area contributed by atoms with Crippen molar-refractivity contribution in [3.05, 3.63) is 35.6 Å². The van der Waals surface area contributed by atoms with E-state index in [1.54, 1.807) is 28.0 Å². The van der Waals surface area contributed by atoms with Gasteiger partial charge in [-0.25, -0.2) is 9.18 Å². The first kappa shape index (κ1) is 17.1. The highest BCUT2D eigenvalue weighted by atomic mass is 19.1. The molecule has 126 valence electrons. The van der Waals surface area contributed by atoms with Gasteiger partial charge in [0.05, 0.1) is 5.56 Å². The molecule has 0 saturated carbocycles. The van der Waals surface area contributed by atoms with Gasteiger partial charge < -0.3 is 19.7 Å². The van der Waals surface area contributed by atoms with E-state index in [4.69, 9.17) is 4.74 Å². The third-order valence-electron chi connectivity index (χ3n) is 3.44. The van der Waals surface area contributed by atoms with E-state index in [-0.39, 0.29) is 17.5 Å². The fourth-order valence-corrected chi connectivity index (χ4v) is 2.36. The van der Waals surface area contributed by atoms with Crippen LogP contribution < -0.4 is 0 Å². The van der Waals surface area contributed by atoms with Crippen LogP contribution in [0.4, 0.5) is 9.18 Å². The normalized spacial score (nSPS) is 16.4. The maximum absolute atomic E-state index is 13.9. The number of amidine groups is 1. The smallest absolute Gasteiger partial charge is 0.410 e. The summed E-state index contributed by atoms with van der Waals surface area (Å²) in [5, 5.41) is 12.5. The van der Waals surface area contributed by atoms with Crippen LogP contribution in [-0.4, -0.2) is 58.7 Å². The maximum atomic E-state index is 13.9. The number of ether oxygens (including phenoxy) is 1. The van der Waals surface area contributed by atoms with Crippen LogP contribution >= 0.6 is 0 Å². The van der Waals surface area contributed by atoms with Crippen molar-refractivity contribution in [1.29, 1.82) is 0 Å². The van der Waals surface area contributed by atoms with Crippen LogP contribution in [0.1, 0.15) is 26.3 Å². The van der Waals surface area contributed by atoms with E-state index < -0.39 is 11.4 Å². The fraction of sp³-hybridized carbons (Fsp3) is 0.500. The lowest BCUT2D eigenvalue weighted by atomic mass is 10.1. The van der Waals surface area contributed by atoms with E-state index in [0.717, 1.165) is 0 Å². The van der Waals surface area contributed by atoms with Crippen LogP contribution in [-0.2, 0) is 4.74 Å². The van der Waals surface area contributed by atoms with E-state index in [1.165, 1.54) is 6.07 Å². The zero-order chi connectivity index (χ0) is 17.0.